The Kier molecular flexibility index (Phi) is 4.57. The minimum atomic E-state index is 0.302. The Bertz CT molecular complexity index is 371. The fraction of sp³-hybridized carbons (Fsp3) is 0.600. The van der Waals surface area contributed by atoms with Gasteiger partial charge in [0.25, 0.3) is 0 Å². The number of nitrogens with one attached hydrogen (secondary N) is 1. The highest BCUT2D eigenvalue weighted by Gasteiger charge is 2.31. The van der Waals surface area contributed by atoms with Crippen LogP contribution in [0.5, 0.6) is 0 Å². The highest BCUT2D eigenvalue weighted by Crippen LogP contribution is 2.26. The zero-order valence-electron chi connectivity index (χ0n) is 11.7. The topological polar surface area (TPSA) is 15.3 Å². The van der Waals surface area contributed by atoms with Crippen LogP contribution in [-0.4, -0.2) is 31.4 Å². The molecule has 1 aliphatic heterocycles. The lowest BCUT2D eigenvalue weighted by Crippen LogP contribution is -2.60. The molecule has 3 heteroatoms. The van der Waals surface area contributed by atoms with Crippen molar-refractivity contribution in [3.05, 3.63) is 24.3 Å². The first-order chi connectivity index (χ1) is 8.73. The summed E-state index contributed by atoms with van der Waals surface area (Å²) in [4.78, 5) is 3.86. The Morgan fingerprint density at radius 1 is 1.22 bits per heavy atom. The SMILES string of the molecule is CCC1(CC)CN(c2ccc(SC)cc2)CCN1. The molecule has 0 atom stereocenters. The molecule has 0 bridgehead atoms. The second kappa shape index (κ2) is 5.98. The lowest BCUT2D eigenvalue weighted by atomic mass is 9.90. The Morgan fingerprint density at radius 3 is 2.44 bits per heavy atom. The zero-order chi connectivity index (χ0) is 13.0. The third-order valence-corrected chi connectivity index (χ3v) is 4.91. The van der Waals surface area contributed by atoms with Crippen LogP contribution < -0.4 is 10.2 Å². The average molecular weight is 264 g/mol. The molecular weight excluding hydrogens is 240 g/mol. The molecule has 100 valence electrons. The van der Waals surface area contributed by atoms with Crippen molar-refractivity contribution in [3.63, 3.8) is 0 Å². The molecule has 0 unspecified atom stereocenters. The number of rotatable bonds is 4. The number of hydrogen-bond donors (Lipinski definition) is 1. The summed E-state index contributed by atoms with van der Waals surface area (Å²) in [5.41, 5.74) is 1.66. The van der Waals surface area contributed by atoms with Gasteiger partial charge in [-0.2, -0.15) is 0 Å². The van der Waals surface area contributed by atoms with Crippen molar-refractivity contribution >= 4 is 17.4 Å². The summed E-state index contributed by atoms with van der Waals surface area (Å²) in [5, 5.41) is 3.71. The van der Waals surface area contributed by atoms with Gasteiger partial charge in [-0.1, -0.05) is 13.8 Å². The van der Waals surface area contributed by atoms with Gasteiger partial charge in [0.15, 0.2) is 0 Å². The molecule has 0 spiro atoms. The van der Waals surface area contributed by atoms with Crippen molar-refractivity contribution in [2.45, 2.75) is 37.1 Å². The van der Waals surface area contributed by atoms with Gasteiger partial charge < -0.3 is 10.2 Å². The maximum absolute atomic E-state index is 3.71. The predicted octanol–water partition coefficient (Wildman–Crippen LogP) is 3.38. The largest absolute Gasteiger partial charge is 0.368 e. The number of piperazine rings is 1. The molecule has 1 heterocycles. The Morgan fingerprint density at radius 2 is 1.89 bits per heavy atom. The number of anilines is 1. The smallest absolute Gasteiger partial charge is 0.0368 e. The van der Waals surface area contributed by atoms with Gasteiger partial charge in [0, 0.05) is 35.8 Å². The summed E-state index contributed by atoms with van der Waals surface area (Å²) in [6.07, 6.45) is 4.52. The number of nitrogens with zero attached hydrogens (tertiary/aromatic N) is 1. The van der Waals surface area contributed by atoms with E-state index in [1.165, 1.54) is 23.4 Å². The van der Waals surface area contributed by atoms with Gasteiger partial charge in [-0.25, -0.2) is 0 Å². The molecule has 1 aromatic rings. The van der Waals surface area contributed by atoms with Crippen LogP contribution in [0.25, 0.3) is 0 Å². The highest BCUT2D eigenvalue weighted by molar-refractivity contribution is 7.98. The molecule has 18 heavy (non-hydrogen) atoms. The van der Waals surface area contributed by atoms with E-state index in [1.54, 1.807) is 11.8 Å². The number of hydrogen-bond acceptors (Lipinski definition) is 3. The summed E-state index contributed by atoms with van der Waals surface area (Å²) in [7, 11) is 0. The molecule has 0 saturated carbocycles. The maximum atomic E-state index is 3.71. The van der Waals surface area contributed by atoms with Crippen LogP contribution in [0.2, 0.25) is 0 Å². The standard InChI is InChI=1S/C15H24N2S/c1-4-15(5-2)12-17(11-10-16-15)13-6-8-14(18-3)9-7-13/h6-9,16H,4-5,10-12H2,1-3H3. The molecule has 0 aromatic heterocycles. The molecule has 1 N–H and O–H groups in total. The third kappa shape index (κ3) is 2.83. The van der Waals surface area contributed by atoms with Crippen LogP contribution in [-0.2, 0) is 0 Å². The molecule has 2 rings (SSSR count). The van der Waals surface area contributed by atoms with E-state index in [0.717, 1.165) is 19.6 Å². The van der Waals surface area contributed by atoms with E-state index in [0.29, 0.717) is 5.54 Å². The van der Waals surface area contributed by atoms with Crippen molar-refractivity contribution < 1.29 is 0 Å². The van der Waals surface area contributed by atoms with Gasteiger partial charge in [-0.3, -0.25) is 0 Å². The van der Waals surface area contributed by atoms with Gasteiger partial charge >= 0.3 is 0 Å². The molecular formula is C15H24N2S. The molecule has 1 aromatic carbocycles. The van der Waals surface area contributed by atoms with Crippen molar-refractivity contribution in [1.29, 1.82) is 0 Å². The summed E-state index contributed by atoms with van der Waals surface area (Å²) >= 11 is 1.80. The molecule has 1 fully saturated rings. The van der Waals surface area contributed by atoms with E-state index >= 15 is 0 Å². The molecule has 1 aliphatic rings. The van der Waals surface area contributed by atoms with E-state index in [-0.39, 0.29) is 0 Å². The first-order valence-corrected chi connectivity index (χ1v) is 8.09. The minimum Gasteiger partial charge on any atom is -0.368 e. The average Bonchev–Trinajstić information content (AvgIpc) is 2.47. The van der Waals surface area contributed by atoms with E-state index in [2.05, 4.69) is 54.6 Å². The van der Waals surface area contributed by atoms with E-state index in [1.807, 2.05) is 0 Å². The second-order valence-electron chi connectivity index (χ2n) is 5.03. The number of benzene rings is 1. The predicted molar refractivity (Wildman–Crippen MR) is 81.8 cm³/mol. The van der Waals surface area contributed by atoms with Crippen molar-refractivity contribution in [2.24, 2.45) is 0 Å². The van der Waals surface area contributed by atoms with Crippen LogP contribution in [0.3, 0.4) is 0 Å². The molecule has 0 radical (unpaired) electrons. The minimum absolute atomic E-state index is 0.302. The monoisotopic (exact) mass is 264 g/mol. The summed E-state index contributed by atoms with van der Waals surface area (Å²) in [6, 6.07) is 8.96. The molecule has 0 aliphatic carbocycles. The van der Waals surface area contributed by atoms with Gasteiger partial charge in [0.2, 0.25) is 0 Å². The molecule has 2 nitrogen and oxygen atoms in total. The Balaban J connectivity index is 2.12. The quantitative estimate of drug-likeness (QED) is 0.839. The zero-order valence-corrected chi connectivity index (χ0v) is 12.5. The lowest BCUT2D eigenvalue weighted by molar-refractivity contribution is 0.277. The van der Waals surface area contributed by atoms with E-state index in [4.69, 9.17) is 0 Å². The van der Waals surface area contributed by atoms with Gasteiger partial charge in [-0.15, -0.1) is 11.8 Å². The van der Waals surface area contributed by atoms with Gasteiger partial charge in [0.1, 0.15) is 0 Å². The van der Waals surface area contributed by atoms with E-state index in [9.17, 15) is 0 Å². The van der Waals surface area contributed by atoms with Gasteiger partial charge in [-0.05, 0) is 43.4 Å². The third-order valence-electron chi connectivity index (χ3n) is 4.17. The van der Waals surface area contributed by atoms with Crippen LogP contribution in [0.15, 0.2) is 29.2 Å². The van der Waals surface area contributed by atoms with Crippen molar-refractivity contribution in [3.8, 4) is 0 Å². The fourth-order valence-corrected chi connectivity index (χ4v) is 3.10. The van der Waals surface area contributed by atoms with Crippen LogP contribution in [0, 0.1) is 0 Å². The van der Waals surface area contributed by atoms with Crippen LogP contribution in [0.1, 0.15) is 26.7 Å². The van der Waals surface area contributed by atoms with Crippen molar-refractivity contribution in [2.75, 3.05) is 30.8 Å². The number of thioether (sulfide) groups is 1. The fourth-order valence-electron chi connectivity index (χ4n) is 2.69. The summed E-state index contributed by atoms with van der Waals surface area (Å²) < 4.78 is 0. The van der Waals surface area contributed by atoms with E-state index < -0.39 is 0 Å². The van der Waals surface area contributed by atoms with Crippen LogP contribution >= 0.6 is 11.8 Å². The van der Waals surface area contributed by atoms with Crippen molar-refractivity contribution in [1.82, 2.24) is 5.32 Å². The molecule has 0 amide bonds. The first kappa shape index (κ1) is 13.8. The molecule has 1 saturated heterocycles. The lowest BCUT2D eigenvalue weighted by Gasteiger charge is -2.44. The second-order valence-corrected chi connectivity index (χ2v) is 5.91. The van der Waals surface area contributed by atoms with Gasteiger partial charge in [0.05, 0.1) is 0 Å². The summed E-state index contributed by atoms with van der Waals surface area (Å²) in [5.74, 6) is 0. The normalized spacial score (nSPS) is 18.9. The maximum Gasteiger partial charge on any atom is 0.0368 e. The van der Waals surface area contributed by atoms with Crippen LogP contribution in [0.4, 0.5) is 5.69 Å². The summed E-state index contributed by atoms with van der Waals surface area (Å²) in [6.45, 7) is 7.90. The Labute approximate surface area is 115 Å². The first-order valence-electron chi connectivity index (χ1n) is 6.87. The Hall–Kier alpha value is -0.670. The highest BCUT2D eigenvalue weighted by atomic mass is 32.2.